The summed E-state index contributed by atoms with van der Waals surface area (Å²) in [6, 6.07) is 8.68. The molecular weight excluding hydrogens is 329 g/mol. The number of carbonyl (C=O) groups is 1. The molecule has 1 aromatic rings. The van der Waals surface area contributed by atoms with E-state index in [4.69, 9.17) is 5.41 Å². The number of nitrogens with one attached hydrogen (secondary N) is 2. The van der Waals surface area contributed by atoms with Gasteiger partial charge in [-0.15, -0.1) is 11.8 Å². The lowest BCUT2D eigenvalue weighted by molar-refractivity contribution is -0.135. The van der Waals surface area contributed by atoms with Crippen molar-refractivity contribution in [3.63, 3.8) is 0 Å². The monoisotopic (exact) mass is 353 g/mol. The molecule has 130 valence electrons. The van der Waals surface area contributed by atoms with Gasteiger partial charge < -0.3 is 5.32 Å². The summed E-state index contributed by atoms with van der Waals surface area (Å²) in [6.07, 6.45) is 4.57. The van der Waals surface area contributed by atoms with Crippen molar-refractivity contribution >= 4 is 36.9 Å². The van der Waals surface area contributed by atoms with Crippen molar-refractivity contribution in [2.24, 2.45) is 11.8 Å². The number of benzene rings is 1. The zero-order chi connectivity index (χ0) is 17.8. The van der Waals surface area contributed by atoms with Crippen LogP contribution >= 0.6 is 11.8 Å². The lowest BCUT2D eigenvalue weighted by atomic mass is 9.78. The van der Waals surface area contributed by atoms with Crippen LogP contribution in [-0.2, 0) is 4.79 Å². The number of nitrogens with zero attached hydrogens (tertiary/aromatic N) is 1. The molecule has 6 heteroatoms. The fraction of sp³-hybridized carbons (Fsp3) is 0.474. The van der Waals surface area contributed by atoms with Crippen LogP contribution in [0.1, 0.15) is 31.2 Å². The van der Waals surface area contributed by atoms with E-state index in [0.717, 1.165) is 18.6 Å². The summed E-state index contributed by atoms with van der Waals surface area (Å²) in [5.74, 6) is 2.06. The van der Waals surface area contributed by atoms with E-state index in [1.54, 1.807) is 7.05 Å². The Kier molecular flexibility index (Phi) is 3.98. The molecule has 1 unspecified atom stereocenters. The molecule has 1 saturated carbocycles. The first-order valence-electron chi connectivity index (χ1n) is 8.96. The molecule has 1 saturated heterocycles. The molecule has 25 heavy (non-hydrogen) atoms. The van der Waals surface area contributed by atoms with Crippen LogP contribution < -0.4 is 10.8 Å². The lowest BCUT2D eigenvalue weighted by Gasteiger charge is -2.46. The second kappa shape index (κ2) is 5.94. The molecule has 2 N–H and O–H groups in total. The van der Waals surface area contributed by atoms with Crippen molar-refractivity contribution in [2.75, 3.05) is 12.8 Å². The molecule has 0 spiro atoms. The maximum absolute atomic E-state index is 12.9. The molecule has 1 aliphatic carbocycles. The van der Waals surface area contributed by atoms with Crippen molar-refractivity contribution in [2.45, 2.75) is 31.2 Å². The van der Waals surface area contributed by atoms with Crippen LogP contribution in [0.25, 0.3) is 0 Å². The van der Waals surface area contributed by atoms with Crippen LogP contribution in [0.15, 0.2) is 35.2 Å². The van der Waals surface area contributed by atoms with E-state index >= 15 is 0 Å². The van der Waals surface area contributed by atoms with E-state index in [0.29, 0.717) is 11.8 Å². The van der Waals surface area contributed by atoms with Crippen molar-refractivity contribution < 1.29 is 4.79 Å². The summed E-state index contributed by atoms with van der Waals surface area (Å²) in [5, 5.41) is 11.6. The Morgan fingerprint density at radius 3 is 2.84 bits per heavy atom. The first-order chi connectivity index (χ1) is 11.9. The molecule has 2 aliphatic heterocycles. The van der Waals surface area contributed by atoms with E-state index in [1.807, 2.05) is 11.8 Å². The van der Waals surface area contributed by atoms with Gasteiger partial charge in [0.1, 0.15) is 7.85 Å². The minimum atomic E-state index is -0.453. The number of guanidine groups is 1. The first-order valence-corrected chi connectivity index (χ1v) is 9.94. The van der Waals surface area contributed by atoms with E-state index in [2.05, 4.69) is 50.4 Å². The van der Waals surface area contributed by atoms with Crippen LogP contribution in [0.4, 0.5) is 0 Å². The fourth-order valence-electron chi connectivity index (χ4n) is 4.17. The number of hydrogen-bond acceptors (Lipinski definition) is 3. The predicted octanol–water partition coefficient (Wildman–Crippen LogP) is 1.44. The first kappa shape index (κ1) is 16.8. The fourth-order valence-corrected chi connectivity index (χ4v) is 5.55. The molecule has 0 radical (unpaired) electrons. The van der Waals surface area contributed by atoms with Crippen molar-refractivity contribution in [1.29, 1.82) is 5.41 Å². The Labute approximate surface area is 154 Å². The van der Waals surface area contributed by atoms with Crippen LogP contribution in [0.3, 0.4) is 0 Å². The van der Waals surface area contributed by atoms with Gasteiger partial charge in [-0.2, -0.15) is 0 Å². The second-order valence-electron chi connectivity index (χ2n) is 7.75. The quantitative estimate of drug-likeness (QED) is 0.809. The number of rotatable bonds is 3. The topological polar surface area (TPSA) is 56.2 Å². The molecule has 0 aromatic heterocycles. The highest BCUT2D eigenvalue weighted by molar-refractivity contribution is 8.03. The number of carbonyl (C=O) groups excluding carboxylic acids is 1. The smallest absolute Gasteiger partial charge is 0.235 e. The normalized spacial score (nSPS) is 32.6. The molecule has 3 aliphatic rings. The van der Waals surface area contributed by atoms with Gasteiger partial charge >= 0.3 is 0 Å². The molecule has 1 aromatic carbocycles. The molecule has 0 bridgehead atoms. The highest BCUT2D eigenvalue weighted by Gasteiger charge is 2.55. The Balaban J connectivity index is 1.68. The van der Waals surface area contributed by atoms with Gasteiger partial charge in [0.15, 0.2) is 5.96 Å². The molecule has 1 amide bonds. The van der Waals surface area contributed by atoms with Crippen molar-refractivity contribution in [3.8, 4) is 0 Å². The molecule has 2 heterocycles. The zero-order valence-electron chi connectivity index (χ0n) is 15.0. The van der Waals surface area contributed by atoms with Gasteiger partial charge in [-0.05, 0) is 31.2 Å². The van der Waals surface area contributed by atoms with Gasteiger partial charge in [0.25, 0.3) is 0 Å². The third kappa shape index (κ3) is 2.80. The molecule has 4 nitrogen and oxygen atoms in total. The molecule has 2 fully saturated rings. The number of hydrogen-bond donors (Lipinski definition) is 2. The largest absolute Gasteiger partial charge is 0.345 e. The SMILES string of the molecule is Bc1cccc(C2C=C([C@@]3(C)NC(=N)N(C)C(=O)[C@H]3C3CC3)SC2)c1. The van der Waals surface area contributed by atoms with Gasteiger partial charge in [-0.1, -0.05) is 35.8 Å². The predicted molar refractivity (Wildman–Crippen MR) is 106 cm³/mol. The summed E-state index contributed by atoms with van der Waals surface area (Å²) in [5.41, 5.74) is 2.16. The van der Waals surface area contributed by atoms with E-state index in [1.165, 1.54) is 20.8 Å². The second-order valence-corrected chi connectivity index (χ2v) is 8.81. The van der Waals surface area contributed by atoms with Gasteiger partial charge in [0.2, 0.25) is 5.91 Å². The Morgan fingerprint density at radius 1 is 1.40 bits per heavy atom. The highest BCUT2D eigenvalue weighted by atomic mass is 32.2. The standard InChI is InChI=1S/C19H24BN3OS/c1-19(16(11-6-7-11)17(24)23(2)18(21)22-19)15-9-13(10-25-15)12-4-3-5-14(20)8-12/h3-5,8-9,11,13,16H,6-7,10,20H2,1-2H3,(H2,21,22)/t13?,16-,19-/m1/s1. The van der Waals surface area contributed by atoms with E-state index in [-0.39, 0.29) is 17.8 Å². The Bertz CT molecular complexity index is 776. The van der Waals surface area contributed by atoms with Crippen molar-refractivity contribution in [1.82, 2.24) is 10.2 Å². The number of thioether (sulfide) groups is 1. The van der Waals surface area contributed by atoms with Crippen LogP contribution in [0.5, 0.6) is 0 Å². The minimum absolute atomic E-state index is 0.0680. The van der Waals surface area contributed by atoms with E-state index < -0.39 is 5.54 Å². The maximum Gasteiger partial charge on any atom is 0.235 e. The zero-order valence-corrected chi connectivity index (χ0v) is 15.8. The lowest BCUT2D eigenvalue weighted by Crippen LogP contribution is -2.66. The third-order valence-corrected chi connectivity index (χ3v) is 7.18. The van der Waals surface area contributed by atoms with Crippen LogP contribution in [0, 0.1) is 17.2 Å². The van der Waals surface area contributed by atoms with Gasteiger partial charge in [0, 0.05) is 23.6 Å². The Morgan fingerprint density at radius 2 is 2.16 bits per heavy atom. The minimum Gasteiger partial charge on any atom is -0.345 e. The molecule has 3 atom stereocenters. The summed E-state index contributed by atoms with van der Waals surface area (Å²) >= 11 is 1.84. The average Bonchev–Trinajstić information content (AvgIpc) is 3.26. The highest BCUT2D eigenvalue weighted by Crippen LogP contribution is 2.51. The van der Waals surface area contributed by atoms with Gasteiger partial charge in [0.05, 0.1) is 11.5 Å². The molecule has 4 rings (SSSR count). The summed E-state index contributed by atoms with van der Waals surface area (Å²) in [4.78, 5) is 15.6. The van der Waals surface area contributed by atoms with Crippen LogP contribution in [0.2, 0.25) is 0 Å². The van der Waals surface area contributed by atoms with Gasteiger partial charge in [-0.3, -0.25) is 15.1 Å². The maximum atomic E-state index is 12.9. The number of allylic oxidation sites excluding steroid dienone is 1. The van der Waals surface area contributed by atoms with Gasteiger partial charge in [-0.25, -0.2) is 0 Å². The average molecular weight is 353 g/mol. The van der Waals surface area contributed by atoms with Crippen LogP contribution in [-0.4, -0.2) is 43.0 Å². The third-order valence-electron chi connectivity index (χ3n) is 5.78. The van der Waals surface area contributed by atoms with E-state index in [9.17, 15) is 4.79 Å². The molecular formula is C19H24BN3OS. The summed E-state index contributed by atoms with van der Waals surface area (Å²) in [7, 11) is 3.83. The number of amides is 1. The Hall–Kier alpha value is -1.69. The summed E-state index contributed by atoms with van der Waals surface area (Å²) in [6.45, 7) is 2.12. The summed E-state index contributed by atoms with van der Waals surface area (Å²) < 4.78 is 0. The van der Waals surface area contributed by atoms with Crippen molar-refractivity contribution in [3.05, 3.63) is 40.8 Å².